The Morgan fingerprint density at radius 1 is 1.00 bits per heavy atom. The van der Waals surface area contributed by atoms with Gasteiger partial charge in [0.25, 0.3) is 0 Å². The van der Waals surface area contributed by atoms with Crippen LogP contribution in [-0.4, -0.2) is 11.6 Å². The van der Waals surface area contributed by atoms with Gasteiger partial charge in [-0.15, -0.1) is 0 Å². The molecule has 0 aliphatic carbocycles. The predicted molar refractivity (Wildman–Crippen MR) is 82.1 cm³/mol. The molecule has 0 aromatic rings. The van der Waals surface area contributed by atoms with E-state index in [2.05, 4.69) is 55.4 Å². The molecule has 0 saturated heterocycles. The number of carbonyl (C=O) groups excluding carboxylic acids is 1. The Labute approximate surface area is 120 Å². The molecule has 3 unspecified atom stereocenters. The summed E-state index contributed by atoms with van der Waals surface area (Å²) < 4.78 is 5.98. The smallest absolute Gasteiger partial charge is 0.312 e. The monoisotopic (exact) mass is 270 g/mol. The van der Waals surface area contributed by atoms with Crippen molar-refractivity contribution in [1.29, 1.82) is 0 Å². The van der Waals surface area contributed by atoms with Crippen molar-refractivity contribution < 1.29 is 9.53 Å². The van der Waals surface area contributed by atoms with Crippen LogP contribution in [0, 0.1) is 16.7 Å². The van der Waals surface area contributed by atoms with Crippen LogP contribution in [0.3, 0.4) is 0 Å². The van der Waals surface area contributed by atoms with Gasteiger partial charge in [-0.3, -0.25) is 4.79 Å². The Morgan fingerprint density at radius 2 is 1.47 bits per heavy atom. The van der Waals surface area contributed by atoms with Crippen LogP contribution in [0.2, 0.25) is 0 Å². The minimum atomic E-state index is -0.434. The molecule has 0 amide bonds. The molecule has 0 spiro atoms. The van der Waals surface area contributed by atoms with Gasteiger partial charge in [0.15, 0.2) is 0 Å². The third-order valence-corrected chi connectivity index (χ3v) is 5.50. The zero-order chi connectivity index (χ0) is 15.5. The molecule has 2 heteroatoms. The summed E-state index contributed by atoms with van der Waals surface area (Å²) in [7, 11) is 0. The molecule has 0 aliphatic heterocycles. The SMILES string of the molecule is CCC(C)C(C)(CC)OC(=O)C(C)(CC)C(C)(C)C. The Kier molecular flexibility index (Phi) is 6.10. The quantitative estimate of drug-likeness (QED) is 0.619. The first-order chi connectivity index (χ1) is 8.48. The van der Waals surface area contributed by atoms with Gasteiger partial charge in [-0.05, 0) is 44.4 Å². The van der Waals surface area contributed by atoms with E-state index < -0.39 is 5.41 Å². The van der Waals surface area contributed by atoms with Crippen molar-refractivity contribution >= 4 is 5.97 Å². The van der Waals surface area contributed by atoms with Gasteiger partial charge in [0.05, 0.1) is 5.41 Å². The second-order valence-electron chi connectivity index (χ2n) is 7.30. The summed E-state index contributed by atoms with van der Waals surface area (Å²) in [6.07, 6.45) is 2.68. The molecule has 2 nitrogen and oxygen atoms in total. The summed E-state index contributed by atoms with van der Waals surface area (Å²) in [5, 5.41) is 0. The molecule has 0 fully saturated rings. The van der Waals surface area contributed by atoms with E-state index in [1.165, 1.54) is 0 Å². The number of rotatable bonds is 6. The highest BCUT2D eigenvalue weighted by Gasteiger charge is 2.46. The topological polar surface area (TPSA) is 26.3 Å². The highest BCUT2D eigenvalue weighted by atomic mass is 16.6. The van der Waals surface area contributed by atoms with Gasteiger partial charge in [0.1, 0.15) is 5.60 Å². The summed E-state index contributed by atoms with van der Waals surface area (Å²) in [5.41, 5.74) is -0.882. The Morgan fingerprint density at radius 3 is 1.74 bits per heavy atom. The summed E-state index contributed by atoms with van der Waals surface area (Å²) >= 11 is 0. The lowest BCUT2D eigenvalue weighted by Crippen LogP contribution is -2.47. The lowest BCUT2D eigenvalue weighted by Gasteiger charge is -2.43. The van der Waals surface area contributed by atoms with E-state index in [0.29, 0.717) is 5.92 Å². The normalized spacial score (nSPS) is 20.3. The maximum Gasteiger partial charge on any atom is 0.312 e. The lowest BCUT2D eigenvalue weighted by atomic mass is 9.66. The highest BCUT2D eigenvalue weighted by Crippen LogP contribution is 2.44. The molecular weight excluding hydrogens is 236 g/mol. The number of ether oxygens (including phenoxy) is 1. The third kappa shape index (κ3) is 3.73. The van der Waals surface area contributed by atoms with Gasteiger partial charge in [-0.1, -0.05) is 48.5 Å². The molecular formula is C17H34O2. The minimum absolute atomic E-state index is 0.0489. The maximum absolute atomic E-state index is 12.7. The van der Waals surface area contributed by atoms with Gasteiger partial charge in [-0.2, -0.15) is 0 Å². The Bertz CT molecular complexity index is 303. The standard InChI is InChI=1S/C17H34O2/c1-10-13(4)17(9,12-3)19-14(18)16(8,11-2)15(5,6)7/h13H,10-12H2,1-9H3. The summed E-state index contributed by atoms with van der Waals surface area (Å²) in [6, 6.07) is 0. The molecule has 0 rings (SSSR count). The van der Waals surface area contributed by atoms with Gasteiger partial charge in [0.2, 0.25) is 0 Å². The fraction of sp³-hybridized carbons (Fsp3) is 0.941. The average Bonchev–Trinajstić information content (AvgIpc) is 2.34. The highest BCUT2D eigenvalue weighted by molar-refractivity contribution is 5.77. The molecule has 114 valence electrons. The first kappa shape index (κ1) is 18.5. The van der Waals surface area contributed by atoms with Crippen molar-refractivity contribution in [3.63, 3.8) is 0 Å². The zero-order valence-corrected chi connectivity index (χ0v) is 14.5. The van der Waals surface area contributed by atoms with Gasteiger partial charge >= 0.3 is 5.97 Å². The van der Waals surface area contributed by atoms with Crippen LogP contribution in [-0.2, 0) is 9.53 Å². The summed E-state index contributed by atoms with van der Waals surface area (Å²) in [4.78, 5) is 12.7. The molecule has 3 atom stereocenters. The second kappa shape index (κ2) is 6.28. The lowest BCUT2D eigenvalue weighted by molar-refractivity contribution is -0.183. The van der Waals surface area contributed by atoms with E-state index in [4.69, 9.17) is 4.74 Å². The van der Waals surface area contributed by atoms with E-state index in [0.717, 1.165) is 19.3 Å². The summed E-state index contributed by atoms with van der Waals surface area (Å²) in [5.74, 6) is 0.328. The molecule has 0 aromatic heterocycles. The molecule has 0 aromatic carbocycles. The molecule has 19 heavy (non-hydrogen) atoms. The van der Waals surface area contributed by atoms with Crippen molar-refractivity contribution in [1.82, 2.24) is 0 Å². The van der Waals surface area contributed by atoms with Gasteiger partial charge < -0.3 is 4.74 Å². The average molecular weight is 270 g/mol. The number of hydrogen-bond donors (Lipinski definition) is 0. The van der Waals surface area contributed by atoms with Crippen LogP contribution in [0.1, 0.15) is 81.6 Å². The van der Waals surface area contributed by atoms with Crippen molar-refractivity contribution in [3.05, 3.63) is 0 Å². The second-order valence-corrected chi connectivity index (χ2v) is 7.30. The Hall–Kier alpha value is -0.530. The van der Waals surface area contributed by atoms with Crippen molar-refractivity contribution in [2.45, 2.75) is 87.2 Å². The van der Waals surface area contributed by atoms with Gasteiger partial charge in [0, 0.05) is 0 Å². The molecule has 0 saturated carbocycles. The maximum atomic E-state index is 12.7. The van der Waals surface area contributed by atoms with E-state index in [1.54, 1.807) is 0 Å². The minimum Gasteiger partial charge on any atom is -0.459 e. The van der Waals surface area contributed by atoms with E-state index >= 15 is 0 Å². The Balaban J connectivity index is 5.22. The van der Waals surface area contributed by atoms with Crippen molar-refractivity contribution in [3.8, 4) is 0 Å². The van der Waals surface area contributed by atoms with Crippen LogP contribution in [0.15, 0.2) is 0 Å². The van der Waals surface area contributed by atoms with Crippen LogP contribution in [0.5, 0.6) is 0 Å². The largest absolute Gasteiger partial charge is 0.459 e. The number of carbonyl (C=O) groups is 1. The summed E-state index contributed by atoms with van der Waals surface area (Å²) in [6.45, 7) is 18.9. The van der Waals surface area contributed by atoms with Crippen LogP contribution in [0.4, 0.5) is 0 Å². The predicted octanol–water partition coefficient (Wildman–Crippen LogP) is 5.21. The van der Waals surface area contributed by atoms with Crippen LogP contribution in [0.25, 0.3) is 0 Å². The zero-order valence-electron chi connectivity index (χ0n) is 14.5. The molecule has 0 heterocycles. The van der Waals surface area contributed by atoms with Crippen molar-refractivity contribution in [2.75, 3.05) is 0 Å². The molecule has 0 radical (unpaired) electrons. The molecule has 0 bridgehead atoms. The third-order valence-electron chi connectivity index (χ3n) is 5.50. The molecule has 0 N–H and O–H groups in total. The number of esters is 1. The van der Waals surface area contributed by atoms with Crippen LogP contribution < -0.4 is 0 Å². The fourth-order valence-corrected chi connectivity index (χ4v) is 2.26. The fourth-order valence-electron chi connectivity index (χ4n) is 2.26. The van der Waals surface area contributed by atoms with E-state index in [-0.39, 0.29) is 17.0 Å². The van der Waals surface area contributed by atoms with Crippen LogP contribution >= 0.6 is 0 Å². The first-order valence-corrected chi connectivity index (χ1v) is 7.72. The van der Waals surface area contributed by atoms with Crippen molar-refractivity contribution in [2.24, 2.45) is 16.7 Å². The van der Waals surface area contributed by atoms with E-state index in [9.17, 15) is 4.79 Å². The number of hydrogen-bond acceptors (Lipinski definition) is 2. The first-order valence-electron chi connectivity index (χ1n) is 7.72. The molecule has 0 aliphatic rings. The van der Waals surface area contributed by atoms with Gasteiger partial charge in [-0.25, -0.2) is 0 Å². The van der Waals surface area contributed by atoms with E-state index in [1.807, 2.05) is 6.92 Å².